The molecular formula is C13H26N4O. The second-order valence-electron chi connectivity index (χ2n) is 4.56. The van der Waals surface area contributed by atoms with E-state index < -0.39 is 0 Å². The minimum absolute atomic E-state index is 0.185. The number of aliphatic hydroxyl groups excluding tert-OH is 1. The quantitative estimate of drug-likeness (QED) is 0.545. The fraction of sp³-hybridized carbons (Fsp3) is 0.769. The molecule has 1 aromatic heterocycles. The zero-order chi connectivity index (χ0) is 13.2. The molecule has 1 atom stereocenters. The van der Waals surface area contributed by atoms with Crippen LogP contribution in [0.4, 0.5) is 0 Å². The highest BCUT2D eigenvalue weighted by Gasteiger charge is 2.10. The van der Waals surface area contributed by atoms with Crippen molar-refractivity contribution < 1.29 is 5.11 Å². The Kier molecular flexibility index (Phi) is 7.64. The average molecular weight is 254 g/mol. The maximum absolute atomic E-state index is 8.70. The molecule has 5 heteroatoms. The van der Waals surface area contributed by atoms with Gasteiger partial charge >= 0.3 is 0 Å². The molecule has 0 aliphatic rings. The van der Waals surface area contributed by atoms with Crippen LogP contribution in [-0.2, 0) is 6.54 Å². The number of hydrogen-bond donors (Lipinski definition) is 3. The van der Waals surface area contributed by atoms with Gasteiger partial charge in [-0.05, 0) is 32.2 Å². The highest BCUT2D eigenvalue weighted by atomic mass is 16.2. The van der Waals surface area contributed by atoms with Crippen LogP contribution in [0.3, 0.4) is 0 Å². The first-order chi connectivity index (χ1) is 8.81. The normalized spacial score (nSPS) is 12.8. The number of nitrogens with zero attached hydrogens (tertiary/aromatic N) is 2. The van der Waals surface area contributed by atoms with Crippen molar-refractivity contribution in [3.63, 3.8) is 0 Å². The van der Waals surface area contributed by atoms with E-state index in [0.717, 1.165) is 44.3 Å². The number of rotatable bonds is 10. The number of aryl methyl sites for hydroxylation is 1. The second kappa shape index (κ2) is 9.08. The van der Waals surface area contributed by atoms with E-state index in [4.69, 9.17) is 10.8 Å². The Morgan fingerprint density at radius 2 is 2.28 bits per heavy atom. The fourth-order valence-corrected chi connectivity index (χ4v) is 1.94. The third-order valence-corrected chi connectivity index (χ3v) is 2.97. The smallest absolute Gasteiger partial charge is 0.0538 e. The zero-order valence-electron chi connectivity index (χ0n) is 11.3. The van der Waals surface area contributed by atoms with E-state index in [9.17, 15) is 0 Å². The number of nitrogens with one attached hydrogen (secondary N) is 1. The fourth-order valence-electron chi connectivity index (χ4n) is 1.94. The largest absolute Gasteiger partial charge is 0.396 e. The van der Waals surface area contributed by atoms with E-state index >= 15 is 0 Å². The van der Waals surface area contributed by atoms with Gasteiger partial charge in [-0.1, -0.05) is 6.92 Å². The van der Waals surface area contributed by atoms with Gasteiger partial charge in [-0.15, -0.1) is 0 Å². The molecular weight excluding hydrogens is 228 g/mol. The van der Waals surface area contributed by atoms with Gasteiger partial charge in [0.05, 0.1) is 6.20 Å². The zero-order valence-corrected chi connectivity index (χ0v) is 11.3. The van der Waals surface area contributed by atoms with Crippen molar-refractivity contribution in [2.75, 3.05) is 19.7 Å². The Hall–Kier alpha value is -0.910. The molecule has 0 amide bonds. The van der Waals surface area contributed by atoms with Gasteiger partial charge in [-0.2, -0.15) is 5.10 Å². The van der Waals surface area contributed by atoms with E-state index in [1.165, 1.54) is 0 Å². The molecule has 1 rings (SSSR count). The summed E-state index contributed by atoms with van der Waals surface area (Å²) >= 11 is 0. The van der Waals surface area contributed by atoms with Crippen molar-refractivity contribution in [2.45, 2.75) is 45.2 Å². The molecule has 0 aliphatic heterocycles. The lowest BCUT2D eigenvalue weighted by atomic mass is 10.1. The molecule has 1 heterocycles. The van der Waals surface area contributed by atoms with Crippen molar-refractivity contribution in [3.8, 4) is 0 Å². The van der Waals surface area contributed by atoms with E-state index in [-0.39, 0.29) is 12.6 Å². The Balaban J connectivity index is 2.34. The van der Waals surface area contributed by atoms with Gasteiger partial charge in [-0.25, -0.2) is 0 Å². The maximum atomic E-state index is 8.70. The summed E-state index contributed by atoms with van der Waals surface area (Å²) in [7, 11) is 0. The van der Waals surface area contributed by atoms with Crippen LogP contribution < -0.4 is 11.1 Å². The first-order valence-electron chi connectivity index (χ1n) is 6.88. The average Bonchev–Trinajstić information content (AvgIpc) is 2.83. The summed E-state index contributed by atoms with van der Waals surface area (Å²) < 4.78 is 1.96. The molecule has 0 bridgehead atoms. The lowest BCUT2D eigenvalue weighted by molar-refractivity contribution is 0.282. The van der Waals surface area contributed by atoms with Crippen molar-refractivity contribution in [1.82, 2.24) is 15.1 Å². The van der Waals surface area contributed by atoms with Crippen LogP contribution in [-0.4, -0.2) is 34.6 Å². The lowest BCUT2D eigenvalue weighted by Crippen LogP contribution is -2.28. The monoisotopic (exact) mass is 254 g/mol. The van der Waals surface area contributed by atoms with E-state index in [2.05, 4.69) is 23.5 Å². The van der Waals surface area contributed by atoms with Crippen LogP contribution in [0.5, 0.6) is 0 Å². The first-order valence-corrected chi connectivity index (χ1v) is 6.88. The summed E-state index contributed by atoms with van der Waals surface area (Å²) in [6.45, 7) is 4.89. The third kappa shape index (κ3) is 5.16. The molecule has 1 unspecified atom stereocenters. The SMILES string of the molecule is CCCn1cc(C(CN)NCCCCCO)cn1. The summed E-state index contributed by atoms with van der Waals surface area (Å²) in [4.78, 5) is 0. The van der Waals surface area contributed by atoms with E-state index in [0.29, 0.717) is 6.54 Å². The molecule has 0 aromatic carbocycles. The summed E-state index contributed by atoms with van der Waals surface area (Å²) in [6, 6.07) is 0.185. The topological polar surface area (TPSA) is 76.1 Å². The predicted octanol–water partition coefficient (Wildman–Crippen LogP) is 1.05. The Morgan fingerprint density at radius 3 is 2.94 bits per heavy atom. The Labute approximate surface area is 109 Å². The van der Waals surface area contributed by atoms with Crippen LogP contribution in [0.15, 0.2) is 12.4 Å². The molecule has 0 aliphatic carbocycles. The Bertz CT molecular complexity index is 314. The molecule has 5 nitrogen and oxygen atoms in total. The first kappa shape index (κ1) is 15.1. The van der Waals surface area contributed by atoms with Gasteiger partial charge in [0, 0.05) is 37.5 Å². The minimum Gasteiger partial charge on any atom is -0.396 e. The van der Waals surface area contributed by atoms with Crippen molar-refractivity contribution in [1.29, 1.82) is 0 Å². The van der Waals surface area contributed by atoms with Gasteiger partial charge in [0.2, 0.25) is 0 Å². The van der Waals surface area contributed by atoms with Gasteiger partial charge in [-0.3, -0.25) is 4.68 Å². The van der Waals surface area contributed by atoms with E-state index in [1.807, 2.05) is 10.9 Å². The summed E-state index contributed by atoms with van der Waals surface area (Å²) in [6.07, 6.45) is 8.05. The third-order valence-electron chi connectivity index (χ3n) is 2.97. The van der Waals surface area contributed by atoms with E-state index in [1.54, 1.807) is 0 Å². The van der Waals surface area contributed by atoms with Crippen LogP contribution in [0.25, 0.3) is 0 Å². The molecule has 0 spiro atoms. The number of unbranched alkanes of at least 4 members (excludes halogenated alkanes) is 2. The lowest BCUT2D eigenvalue weighted by Gasteiger charge is -2.14. The van der Waals surface area contributed by atoms with Crippen LogP contribution in [0.2, 0.25) is 0 Å². The molecule has 0 fully saturated rings. The molecule has 0 saturated heterocycles. The molecule has 104 valence electrons. The van der Waals surface area contributed by atoms with Gasteiger partial charge in [0.15, 0.2) is 0 Å². The number of nitrogens with two attached hydrogens (primary N) is 1. The molecule has 18 heavy (non-hydrogen) atoms. The van der Waals surface area contributed by atoms with Gasteiger partial charge in [0.25, 0.3) is 0 Å². The van der Waals surface area contributed by atoms with Gasteiger partial charge in [0.1, 0.15) is 0 Å². The molecule has 4 N–H and O–H groups in total. The van der Waals surface area contributed by atoms with Crippen molar-refractivity contribution >= 4 is 0 Å². The van der Waals surface area contributed by atoms with Crippen molar-refractivity contribution in [2.24, 2.45) is 5.73 Å². The van der Waals surface area contributed by atoms with Crippen LogP contribution in [0.1, 0.15) is 44.2 Å². The minimum atomic E-state index is 0.185. The molecule has 1 aromatic rings. The Morgan fingerprint density at radius 1 is 1.44 bits per heavy atom. The number of hydrogen-bond acceptors (Lipinski definition) is 4. The predicted molar refractivity (Wildman–Crippen MR) is 73.3 cm³/mol. The van der Waals surface area contributed by atoms with Crippen molar-refractivity contribution in [3.05, 3.63) is 18.0 Å². The van der Waals surface area contributed by atoms with Gasteiger partial charge < -0.3 is 16.2 Å². The van der Waals surface area contributed by atoms with Crippen LogP contribution in [0, 0.1) is 0 Å². The summed E-state index contributed by atoms with van der Waals surface area (Å²) in [5.74, 6) is 0. The summed E-state index contributed by atoms with van der Waals surface area (Å²) in [5.41, 5.74) is 6.95. The molecule has 0 saturated carbocycles. The van der Waals surface area contributed by atoms with Crippen LogP contribution >= 0.6 is 0 Å². The highest BCUT2D eigenvalue weighted by molar-refractivity contribution is 5.10. The maximum Gasteiger partial charge on any atom is 0.0538 e. The summed E-state index contributed by atoms with van der Waals surface area (Å²) in [5, 5.41) is 16.5. The standard InChI is InChI=1S/C13H26N4O/c1-2-7-17-11-12(10-16-17)13(9-14)15-6-4-3-5-8-18/h10-11,13,15,18H,2-9,14H2,1H3. The highest BCUT2D eigenvalue weighted by Crippen LogP contribution is 2.11. The number of aliphatic hydroxyl groups is 1. The second-order valence-corrected chi connectivity index (χ2v) is 4.56. The molecule has 0 radical (unpaired) electrons. The number of aromatic nitrogens is 2.